The molecule has 5 rings (SSSR count). The standard InChI is InChI=1S/C30H31Cl2NO4/c1-17-10-11-33(15-17)18(2)16-36-22-7-4-20(5-8-22)30-29(24-13-27(35)26(32)14-25(24)31)19(3)23-12-21(34)6-9-28(23)37-30/h4-9,12-14,17-18,30,34-35H,10-11,15-16H2,1-3H3/t17-,18+,30?/m1/s1. The molecule has 2 N–H and O–H groups in total. The maximum Gasteiger partial charge on any atom is 0.150 e. The molecule has 0 spiro atoms. The predicted molar refractivity (Wildman–Crippen MR) is 149 cm³/mol. The first kappa shape index (κ1) is 25.8. The molecule has 0 radical (unpaired) electrons. The zero-order valence-corrected chi connectivity index (χ0v) is 22.7. The third-order valence-corrected chi connectivity index (χ3v) is 7.97. The number of hydrogen-bond donors (Lipinski definition) is 2. The van der Waals surface area contributed by atoms with E-state index < -0.39 is 6.10 Å². The Morgan fingerprint density at radius 1 is 1.03 bits per heavy atom. The molecule has 0 bridgehead atoms. The number of ether oxygens (including phenoxy) is 2. The van der Waals surface area contributed by atoms with Crippen molar-refractivity contribution in [2.45, 2.75) is 39.3 Å². The van der Waals surface area contributed by atoms with Gasteiger partial charge in [0.1, 0.15) is 35.7 Å². The lowest BCUT2D eigenvalue weighted by Crippen LogP contribution is -2.35. The minimum Gasteiger partial charge on any atom is -0.508 e. The number of hydrogen-bond acceptors (Lipinski definition) is 5. The van der Waals surface area contributed by atoms with Gasteiger partial charge in [-0.15, -0.1) is 0 Å². The average Bonchev–Trinajstić information content (AvgIpc) is 3.32. The van der Waals surface area contributed by atoms with Crippen LogP contribution in [0.4, 0.5) is 0 Å². The second-order valence-electron chi connectivity index (χ2n) is 10.1. The molecule has 0 saturated carbocycles. The summed E-state index contributed by atoms with van der Waals surface area (Å²) >= 11 is 12.7. The second kappa shape index (κ2) is 10.5. The van der Waals surface area contributed by atoms with Crippen molar-refractivity contribution in [3.8, 4) is 23.0 Å². The average molecular weight is 540 g/mol. The maximum absolute atomic E-state index is 10.4. The van der Waals surface area contributed by atoms with Crippen LogP contribution >= 0.6 is 23.2 Å². The van der Waals surface area contributed by atoms with Gasteiger partial charge in [0.05, 0.1) is 5.02 Å². The molecule has 3 aromatic rings. The van der Waals surface area contributed by atoms with Crippen LogP contribution in [-0.4, -0.2) is 40.9 Å². The van der Waals surface area contributed by atoms with Gasteiger partial charge in [0.2, 0.25) is 0 Å². The van der Waals surface area contributed by atoms with E-state index in [1.165, 1.54) is 12.5 Å². The quantitative estimate of drug-likeness (QED) is 0.338. The Kier molecular flexibility index (Phi) is 7.30. The molecule has 2 aliphatic rings. The van der Waals surface area contributed by atoms with Gasteiger partial charge >= 0.3 is 0 Å². The minimum atomic E-state index is -0.492. The molecule has 7 heteroatoms. The Balaban J connectivity index is 1.45. The normalized spacial score (nSPS) is 20.5. The van der Waals surface area contributed by atoms with E-state index in [2.05, 4.69) is 18.7 Å². The van der Waals surface area contributed by atoms with Gasteiger partial charge in [-0.25, -0.2) is 0 Å². The third kappa shape index (κ3) is 5.26. The number of halogens is 2. The van der Waals surface area contributed by atoms with E-state index in [1.54, 1.807) is 24.3 Å². The van der Waals surface area contributed by atoms with Crippen molar-refractivity contribution in [3.05, 3.63) is 81.3 Å². The van der Waals surface area contributed by atoms with Crippen LogP contribution in [0, 0.1) is 5.92 Å². The first-order valence-corrected chi connectivity index (χ1v) is 13.3. The summed E-state index contributed by atoms with van der Waals surface area (Å²) in [5.41, 5.74) is 3.98. The molecule has 194 valence electrons. The van der Waals surface area contributed by atoms with Crippen LogP contribution in [0.1, 0.15) is 50.0 Å². The van der Waals surface area contributed by atoms with E-state index in [0.29, 0.717) is 29.0 Å². The lowest BCUT2D eigenvalue weighted by atomic mass is 9.86. The van der Waals surface area contributed by atoms with Gasteiger partial charge in [-0.05, 0) is 86.3 Å². The summed E-state index contributed by atoms with van der Waals surface area (Å²) in [6.07, 6.45) is 0.752. The van der Waals surface area contributed by atoms with Crippen molar-refractivity contribution in [1.29, 1.82) is 0 Å². The Bertz CT molecular complexity index is 1340. The Hall–Kier alpha value is -2.86. The van der Waals surface area contributed by atoms with Gasteiger partial charge in [-0.3, -0.25) is 4.90 Å². The van der Waals surface area contributed by atoms with Crippen LogP contribution in [0.5, 0.6) is 23.0 Å². The van der Waals surface area contributed by atoms with Crippen LogP contribution in [0.15, 0.2) is 54.6 Å². The van der Waals surface area contributed by atoms with Gasteiger partial charge in [0.15, 0.2) is 0 Å². The van der Waals surface area contributed by atoms with Gasteiger partial charge in [0.25, 0.3) is 0 Å². The molecule has 2 heterocycles. The summed E-state index contributed by atoms with van der Waals surface area (Å²) in [6, 6.07) is 16.4. The monoisotopic (exact) mass is 539 g/mol. The first-order valence-electron chi connectivity index (χ1n) is 12.6. The highest BCUT2D eigenvalue weighted by Gasteiger charge is 2.31. The highest BCUT2D eigenvalue weighted by Crippen LogP contribution is 2.49. The predicted octanol–water partition coefficient (Wildman–Crippen LogP) is 7.58. The van der Waals surface area contributed by atoms with E-state index in [0.717, 1.165) is 47.0 Å². The Labute approximate surface area is 227 Å². The Morgan fingerprint density at radius 3 is 2.49 bits per heavy atom. The summed E-state index contributed by atoms with van der Waals surface area (Å²) in [4.78, 5) is 2.48. The zero-order chi connectivity index (χ0) is 26.3. The third-order valence-electron chi connectivity index (χ3n) is 7.36. The number of fused-ring (bicyclic) bond motifs is 1. The van der Waals surface area contributed by atoms with Crippen LogP contribution in [-0.2, 0) is 0 Å². The first-order chi connectivity index (χ1) is 17.7. The number of phenolic OH excluding ortho intramolecular Hbond substituents is 2. The van der Waals surface area contributed by atoms with E-state index in [9.17, 15) is 10.2 Å². The summed E-state index contributed by atoms with van der Waals surface area (Å²) in [6.45, 7) is 9.35. The SMILES string of the molecule is CC1=C(c2cc(O)c(Cl)cc2Cl)C(c2ccc(OC[C@H](C)N3CC[C@@H](C)C3)cc2)Oc2ccc(O)cc21. The second-order valence-corrected chi connectivity index (χ2v) is 10.9. The van der Waals surface area contributed by atoms with E-state index in [1.807, 2.05) is 31.2 Å². The molecular weight excluding hydrogens is 509 g/mol. The topological polar surface area (TPSA) is 62.2 Å². The molecule has 37 heavy (non-hydrogen) atoms. The van der Waals surface area contributed by atoms with E-state index in [4.69, 9.17) is 32.7 Å². The molecule has 5 nitrogen and oxygen atoms in total. The number of allylic oxidation sites excluding steroid dienone is 1. The molecule has 1 saturated heterocycles. The number of rotatable bonds is 6. The van der Waals surface area contributed by atoms with Crippen molar-refractivity contribution < 1.29 is 19.7 Å². The van der Waals surface area contributed by atoms with Crippen LogP contribution in [0.3, 0.4) is 0 Å². The van der Waals surface area contributed by atoms with Gasteiger partial charge in [-0.2, -0.15) is 0 Å². The highest BCUT2D eigenvalue weighted by molar-refractivity contribution is 6.36. The van der Waals surface area contributed by atoms with Gasteiger partial charge in [-0.1, -0.05) is 42.3 Å². The van der Waals surface area contributed by atoms with Crippen molar-refractivity contribution in [3.63, 3.8) is 0 Å². The molecule has 0 amide bonds. The molecule has 1 unspecified atom stereocenters. The van der Waals surface area contributed by atoms with Crippen LogP contribution in [0.2, 0.25) is 10.0 Å². The van der Waals surface area contributed by atoms with Crippen molar-refractivity contribution in [2.75, 3.05) is 19.7 Å². The number of benzene rings is 3. The molecule has 1 fully saturated rings. The fourth-order valence-electron chi connectivity index (χ4n) is 5.19. The molecular formula is C30H31Cl2NO4. The van der Waals surface area contributed by atoms with Crippen molar-refractivity contribution >= 4 is 34.3 Å². The number of aromatic hydroxyl groups is 2. The molecule has 2 aliphatic heterocycles. The molecule has 0 aromatic heterocycles. The molecule has 3 atom stereocenters. The smallest absolute Gasteiger partial charge is 0.150 e. The van der Waals surface area contributed by atoms with Gasteiger partial charge in [0, 0.05) is 34.3 Å². The van der Waals surface area contributed by atoms with Crippen molar-refractivity contribution in [1.82, 2.24) is 4.90 Å². The lowest BCUT2D eigenvalue weighted by Gasteiger charge is -2.31. The summed E-state index contributed by atoms with van der Waals surface area (Å²) in [5.74, 6) is 2.28. The lowest BCUT2D eigenvalue weighted by molar-refractivity contribution is 0.169. The zero-order valence-electron chi connectivity index (χ0n) is 21.2. The summed E-state index contributed by atoms with van der Waals surface area (Å²) < 4.78 is 12.6. The minimum absolute atomic E-state index is 0.0629. The fraction of sp³-hybridized carbons (Fsp3) is 0.333. The number of phenols is 2. The highest BCUT2D eigenvalue weighted by atomic mass is 35.5. The molecule has 0 aliphatic carbocycles. The largest absolute Gasteiger partial charge is 0.508 e. The number of likely N-dealkylation sites (tertiary alicyclic amines) is 1. The van der Waals surface area contributed by atoms with E-state index >= 15 is 0 Å². The summed E-state index contributed by atoms with van der Waals surface area (Å²) in [7, 11) is 0. The summed E-state index contributed by atoms with van der Waals surface area (Å²) in [5, 5.41) is 21.0. The van der Waals surface area contributed by atoms with E-state index in [-0.39, 0.29) is 16.5 Å². The number of nitrogens with zero attached hydrogens (tertiary/aromatic N) is 1. The van der Waals surface area contributed by atoms with Gasteiger partial charge < -0.3 is 19.7 Å². The maximum atomic E-state index is 10.4. The Morgan fingerprint density at radius 2 is 1.78 bits per heavy atom. The molecule has 3 aromatic carbocycles. The van der Waals surface area contributed by atoms with Crippen molar-refractivity contribution in [2.24, 2.45) is 5.92 Å². The fourth-order valence-corrected chi connectivity index (χ4v) is 5.68. The van der Waals surface area contributed by atoms with Crippen LogP contribution in [0.25, 0.3) is 11.1 Å². The van der Waals surface area contributed by atoms with Crippen LogP contribution < -0.4 is 9.47 Å².